The van der Waals surface area contributed by atoms with Gasteiger partial charge in [-0.15, -0.1) is 11.3 Å². The van der Waals surface area contributed by atoms with Crippen molar-refractivity contribution in [2.45, 2.75) is 12.5 Å². The van der Waals surface area contributed by atoms with Gasteiger partial charge in [0.2, 0.25) is 5.91 Å². The van der Waals surface area contributed by atoms with E-state index in [1.807, 2.05) is 18.2 Å². The number of carbonyl (C=O) groups excluding carboxylic acids is 1. The first-order valence-electron chi connectivity index (χ1n) is 6.25. The average Bonchev–Trinajstić information content (AvgIpc) is 2.87. The maximum atomic E-state index is 11.9. The zero-order valence-corrected chi connectivity index (χ0v) is 11.2. The van der Waals surface area contributed by atoms with Crippen molar-refractivity contribution in [3.63, 3.8) is 0 Å². The second-order valence-electron chi connectivity index (χ2n) is 4.51. The maximum absolute atomic E-state index is 11.9. The van der Waals surface area contributed by atoms with E-state index in [0.29, 0.717) is 13.0 Å². The summed E-state index contributed by atoms with van der Waals surface area (Å²) in [5, 5.41) is 6.18. The Morgan fingerprint density at radius 1 is 1.58 bits per heavy atom. The van der Waals surface area contributed by atoms with E-state index < -0.39 is 0 Å². The summed E-state index contributed by atoms with van der Waals surface area (Å²) in [5.74, 6) is 0.00636. The van der Waals surface area contributed by atoms with Crippen LogP contribution in [-0.2, 0) is 9.53 Å². The molecule has 0 unspecified atom stereocenters. The minimum Gasteiger partial charge on any atom is -0.378 e. The van der Waals surface area contributed by atoms with Gasteiger partial charge in [-0.3, -0.25) is 4.79 Å². The standard InChI is InChI=1S/C13H15N3O2S/c17-13(6-10-7-18-4-3-14-10)16-9-1-2-11-12(5-9)19-8-15-11/h1-2,5,8,10,14H,3-4,6-7H2,(H,16,17)/t10-/m0/s1. The van der Waals surface area contributed by atoms with Gasteiger partial charge in [-0.25, -0.2) is 4.98 Å². The van der Waals surface area contributed by atoms with E-state index in [0.717, 1.165) is 29.1 Å². The normalized spacial score (nSPS) is 19.5. The van der Waals surface area contributed by atoms with Gasteiger partial charge in [0.15, 0.2) is 0 Å². The maximum Gasteiger partial charge on any atom is 0.226 e. The van der Waals surface area contributed by atoms with E-state index in [-0.39, 0.29) is 11.9 Å². The fourth-order valence-corrected chi connectivity index (χ4v) is 2.84. The van der Waals surface area contributed by atoms with E-state index in [1.54, 1.807) is 16.8 Å². The minimum atomic E-state index is 0.00636. The monoisotopic (exact) mass is 277 g/mol. The fraction of sp³-hybridized carbons (Fsp3) is 0.385. The van der Waals surface area contributed by atoms with Crippen LogP contribution >= 0.6 is 11.3 Å². The summed E-state index contributed by atoms with van der Waals surface area (Å²) in [5.41, 5.74) is 3.59. The number of anilines is 1. The molecule has 0 saturated carbocycles. The summed E-state index contributed by atoms with van der Waals surface area (Å²) >= 11 is 1.57. The highest BCUT2D eigenvalue weighted by Crippen LogP contribution is 2.21. The van der Waals surface area contributed by atoms with Gasteiger partial charge < -0.3 is 15.4 Å². The molecule has 0 radical (unpaired) electrons. The third kappa shape index (κ3) is 3.09. The summed E-state index contributed by atoms with van der Waals surface area (Å²) in [6, 6.07) is 5.87. The fourth-order valence-electron chi connectivity index (χ4n) is 2.12. The molecular formula is C13H15N3O2S. The molecule has 5 nitrogen and oxygen atoms in total. The molecule has 6 heteroatoms. The number of rotatable bonds is 3. The summed E-state index contributed by atoms with van der Waals surface area (Å²) in [7, 11) is 0. The number of amides is 1. The Balaban J connectivity index is 1.61. The number of thiazole rings is 1. The molecule has 1 aliphatic heterocycles. The Labute approximate surface area is 115 Å². The van der Waals surface area contributed by atoms with Crippen LogP contribution in [0.1, 0.15) is 6.42 Å². The molecule has 19 heavy (non-hydrogen) atoms. The number of fused-ring (bicyclic) bond motifs is 1. The third-order valence-corrected chi connectivity index (χ3v) is 3.84. The molecule has 1 aromatic carbocycles. The van der Waals surface area contributed by atoms with Crippen molar-refractivity contribution in [3.8, 4) is 0 Å². The first kappa shape index (κ1) is 12.5. The predicted octanol–water partition coefficient (Wildman–Crippen LogP) is 1.61. The summed E-state index contributed by atoms with van der Waals surface area (Å²) in [6.45, 7) is 2.13. The average molecular weight is 277 g/mol. The van der Waals surface area contributed by atoms with Gasteiger partial charge in [-0.1, -0.05) is 0 Å². The number of morpholine rings is 1. The summed E-state index contributed by atoms with van der Waals surface area (Å²) in [6.07, 6.45) is 0.431. The minimum absolute atomic E-state index is 0.00636. The number of carbonyl (C=O) groups is 1. The Bertz CT molecular complexity index is 578. The number of hydrogen-bond donors (Lipinski definition) is 2. The lowest BCUT2D eigenvalue weighted by molar-refractivity contribution is -0.117. The number of nitrogens with one attached hydrogen (secondary N) is 2. The lowest BCUT2D eigenvalue weighted by Crippen LogP contribution is -2.43. The highest BCUT2D eigenvalue weighted by atomic mass is 32.1. The summed E-state index contributed by atoms with van der Waals surface area (Å²) < 4.78 is 6.41. The molecular weight excluding hydrogens is 262 g/mol. The SMILES string of the molecule is O=C(C[C@H]1COCCN1)Nc1ccc2ncsc2c1. The molecule has 3 rings (SSSR count). The molecule has 0 aliphatic carbocycles. The smallest absolute Gasteiger partial charge is 0.226 e. The third-order valence-electron chi connectivity index (χ3n) is 3.05. The lowest BCUT2D eigenvalue weighted by Gasteiger charge is -2.23. The van der Waals surface area contributed by atoms with Crippen molar-refractivity contribution >= 4 is 33.1 Å². The first-order valence-corrected chi connectivity index (χ1v) is 7.13. The number of aromatic nitrogens is 1. The van der Waals surface area contributed by atoms with Crippen LogP contribution in [0.25, 0.3) is 10.2 Å². The molecule has 100 valence electrons. The van der Waals surface area contributed by atoms with Crippen LogP contribution in [0.5, 0.6) is 0 Å². The first-order chi connectivity index (χ1) is 9.31. The molecule has 1 saturated heterocycles. The molecule has 2 N–H and O–H groups in total. The van der Waals surface area contributed by atoms with Crippen LogP contribution in [0.3, 0.4) is 0 Å². The molecule has 1 amide bonds. The quantitative estimate of drug-likeness (QED) is 0.895. The van der Waals surface area contributed by atoms with Gasteiger partial charge >= 0.3 is 0 Å². The van der Waals surface area contributed by atoms with E-state index in [2.05, 4.69) is 15.6 Å². The number of hydrogen-bond acceptors (Lipinski definition) is 5. The zero-order valence-electron chi connectivity index (χ0n) is 10.4. The van der Waals surface area contributed by atoms with Crippen LogP contribution in [-0.4, -0.2) is 36.7 Å². The Hall–Kier alpha value is -1.50. The van der Waals surface area contributed by atoms with Crippen molar-refractivity contribution in [2.75, 3.05) is 25.1 Å². The molecule has 1 aromatic heterocycles. The van der Waals surface area contributed by atoms with E-state index in [4.69, 9.17) is 4.74 Å². The van der Waals surface area contributed by atoms with Crippen molar-refractivity contribution in [3.05, 3.63) is 23.7 Å². The van der Waals surface area contributed by atoms with Crippen LogP contribution in [0.15, 0.2) is 23.7 Å². The second kappa shape index (κ2) is 5.64. The number of nitrogens with zero attached hydrogens (tertiary/aromatic N) is 1. The van der Waals surface area contributed by atoms with Crippen LogP contribution < -0.4 is 10.6 Å². The number of ether oxygens (including phenoxy) is 1. The molecule has 1 fully saturated rings. The Morgan fingerprint density at radius 2 is 2.53 bits per heavy atom. The van der Waals surface area contributed by atoms with Crippen LogP contribution in [0.4, 0.5) is 5.69 Å². The van der Waals surface area contributed by atoms with Gasteiger partial charge in [0.05, 0.1) is 28.9 Å². The van der Waals surface area contributed by atoms with E-state index in [9.17, 15) is 4.79 Å². The largest absolute Gasteiger partial charge is 0.378 e. The molecule has 0 bridgehead atoms. The van der Waals surface area contributed by atoms with E-state index in [1.165, 1.54) is 0 Å². The molecule has 1 atom stereocenters. The van der Waals surface area contributed by atoms with Gasteiger partial charge in [-0.2, -0.15) is 0 Å². The van der Waals surface area contributed by atoms with Gasteiger partial charge in [0, 0.05) is 24.7 Å². The van der Waals surface area contributed by atoms with Crippen molar-refractivity contribution < 1.29 is 9.53 Å². The van der Waals surface area contributed by atoms with Crippen molar-refractivity contribution in [1.29, 1.82) is 0 Å². The predicted molar refractivity (Wildman–Crippen MR) is 75.5 cm³/mol. The molecule has 1 aliphatic rings. The molecule has 2 aromatic rings. The zero-order chi connectivity index (χ0) is 13.1. The van der Waals surface area contributed by atoms with Gasteiger partial charge in [-0.05, 0) is 18.2 Å². The van der Waals surface area contributed by atoms with Crippen LogP contribution in [0.2, 0.25) is 0 Å². The van der Waals surface area contributed by atoms with Gasteiger partial charge in [0.1, 0.15) is 0 Å². The molecule has 0 spiro atoms. The molecule has 2 heterocycles. The summed E-state index contributed by atoms with van der Waals surface area (Å²) in [4.78, 5) is 16.1. The van der Waals surface area contributed by atoms with Gasteiger partial charge in [0.25, 0.3) is 0 Å². The lowest BCUT2D eigenvalue weighted by atomic mass is 10.2. The topological polar surface area (TPSA) is 63.2 Å². The number of benzene rings is 1. The van der Waals surface area contributed by atoms with E-state index >= 15 is 0 Å². The highest BCUT2D eigenvalue weighted by Gasteiger charge is 2.16. The second-order valence-corrected chi connectivity index (χ2v) is 5.40. The highest BCUT2D eigenvalue weighted by molar-refractivity contribution is 7.16. The van der Waals surface area contributed by atoms with Crippen LogP contribution in [0, 0.1) is 0 Å². The van der Waals surface area contributed by atoms with Crippen molar-refractivity contribution in [1.82, 2.24) is 10.3 Å². The van der Waals surface area contributed by atoms with Crippen molar-refractivity contribution in [2.24, 2.45) is 0 Å². The Kier molecular flexibility index (Phi) is 3.72. The Morgan fingerprint density at radius 3 is 3.37 bits per heavy atom.